The number of hydrogen-bond acceptors (Lipinski definition) is 4. The van der Waals surface area contributed by atoms with Gasteiger partial charge in [0, 0.05) is 18.7 Å². The van der Waals surface area contributed by atoms with E-state index in [1.54, 1.807) is 0 Å². The van der Waals surface area contributed by atoms with Crippen molar-refractivity contribution in [3.8, 4) is 11.4 Å². The van der Waals surface area contributed by atoms with Gasteiger partial charge in [0.25, 0.3) is 0 Å². The quantitative estimate of drug-likeness (QED) is 0.436. The van der Waals surface area contributed by atoms with E-state index in [0.29, 0.717) is 17.3 Å². The van der Waals surface area contributed by atoms with E-state index in [2.05, 4.69) is 4.57 Å². The second-order valence-corrected chi connectivity index (χ2v) is 7.11. The fourth-order valence-corrected chi connectivity index (χ4v) is 3.32. The number of halogens is 1. The molecular formula is C21H21ClN4O. The number of imidazole rings is 1. The fourth-order valence-electron chi connectivity index (χ4n) is 3.10. The Morgan fingerprint density at radius 1 is 0.963 bits per heavy atom. The fraction of sp³-hybridized carbons (Fsp3) is 0.286. The number of rotatable bonds is 6. The summed E-state index contributed by atoms with van der Waals surface area (Å²) in [6, 6.07) is 15.6. The van der Waals surface area contributed by atoms with Gasteiger partial charge in [-0.15, -0.1) is 0 Å². The average Bonchev–Trinajstić information content (AvgIpc) is 3.01. The Labute approximate surface area is 163 Å². The van der Waals surface area contributed by atoms with Crippen LogP contribution in [0, 0.1) is 0 Å². The minimum absolute atomic E-state index is 0.219. The highest BCUT2D eigenvalue weighted by Crippen LogP contribution is 2.30. The van der Waals surface area contributed by atoms with E-state index < -0.39 is 0 Å². The molecule has 27 heavy (non-hydrogen) atoms. The van der Waals surface area contributed by atoms with E-state index in [-0.39, 0.29) is 6.10 Å². The van der Waals surface area contributed by atoms with Gasteiger partial charge in [0.15, 0.2) is 11.3 Å². The van der Waals surface area contributed by atoms with Crippen molar-refractivity contribution < 1.29 is 4.74 Å². The van der Waals surface area contributed by atoms with E-state index in [1.807, 2.05) is 62.4 Å². The summed E-state index contributed by atoms with van der Waals surface area (Å²) in [5, 5.41) is 0.664. The lowest BCUT2D eigenvalue weighted by Gasteiger charge is -2.11. The van der Waals surface area contributed by atoms with Crippen LogP contribution < -0.4 is 0 Å². The summed E-state index contributed by atoms with van der Waals surface area (Å²) < 4.78 is 7.79. The van der Waals surface area contributed by atoms with E-state index in [1.165, 1.54) is 0 Å². The monoisotopic (exact) mass is 380 g/mol. The molecule has 4 rings (SSSR count). The van der Waals surface area contributed by atoms with Gasteiger partial charge >= 0.3 is 0 Å². The molecule has 0 spiro atoms. The van der Waals surface area contributed by atoms with Crippen LogP contribution in [0.15, 0.2) is 48.5 Å². The average molecular weight is 381 g/mol. The highest BCUT2D eigenvalue weighted by molar-refractivity contribution is 6.33. The van der Waals surface area contributed by atoms with Crippen molar-refractivity contribution in [2.45, 2.75) is 32.9 Å². The Bertz CT molecular complexity index is 1090. The molecule has 5 nitrogen and oxygen atoms in total. The van der Waals surface area contributed by atoms with Crippen molar-refractivity contribution in [2.24, 2.45) is 0 Å². The maximum Gasteiger partial charge on any atom is 0.198 e. The molecule has 0 saturated carbocycles. The number of fused-ring (bicyclic) bond motifs is 2. The molecule has 0 aliphatic heterocycles. The summed E-state index contributed by atoms with van der Waals surface area (Å²) in [7, 11) is 0. The van der Waals surface area contributed by atoms with Crippen LogP contribution in [-0.2, 0) is 11.3 Å². The summed E-state index contributed by atoms with van der Waals surface area (Å²) in [5.74, 6) is 0.787. The molecule has 0 radical (unpaired) electrons. The third kappa shape index (κ3) is 3.66. The Morgan fingerprint density at radius 3 is 2.41 bits per heavy atom. The minimum atomic E-state index is 0.219. The van der Waals surface area contributed by atoms with Crippen LogP contribution in [0.25, 0.3) is 33.7 Å². The van der Waals surface area contributed by atoms with Crippen LogP contribution in [0.1, 0.15) is 20.3 Å². The van der Waals surface area contributed by atoms with Crippen LogP contribution in [0.5, 0.6) is 0 Å². The number of ether oxygens (including phenoxy) is 1. The van der Waals surface area contributed by atoms with Gasteiger partial charge in [0.05, 0.1) is 22.2 Å². The van der Waals surface area contributed by atoms with E-state index >= 15 is 0 Å². The van der Waals surface area contributed by atoms with Gasteiger partial charge in [-0.2, -0.15) is 0 Å². The number of nitrogens with zero attached hydrogens (tertiary/aromatic N) is 4. The molecule has 0 atom stereocenters. The number of hydrogen-bond donors (Lipinski definition) is 0. The van der Waals surface area contributed by atoms with Crippen LogP contribution in [0.3, 0.4) is 0 Å². The topological polar surface area (TPSA) is 52.8 Å². The van der Waals surface area contributed by atoms with Crippen molar-refractivity contribution in [1.82, 2.24) is 19.5 Å². The third-order valence-corrected chi connectivity index (χ3v) is 4.68. The summed E-state index contributed by atoms with van der Waals surface area (Å²) in [5.41, 5.74) is 3.98. The molecule has 2 aromatic heterocycles. The highest BCUT2D eigenvalue weighted by Gasteiger charge is 2.17. The Hall–Kier alpha value is -2.50. The van der Waals surface area contributed by atoms with Gasteiger partial charge in [-0.3, -0.25) is 0 Å². The predicted molar refractivity (Wildman–Crippen MR) is 109 cm³/mol. The molecule has 6 heteroatoms. The summed E-state index contributed by atoms with van der Waals surface area (Å²) >= 11 is 6.45. The van der Waals surface area contributed by atoms with Crippen LogP contribution in [0.2, 0.25) is 5.02 Å². The first kappa shape index (κ1) is 17.9. The maximum absolute atomic E-state index is 6.45. The van der Waals surface area contributed by atoms with Gasteiger partial charge in [0.1, 0.15) is 5.82 Å². The minimum Gasteiger partial charge on any atom is -0.379 e. The first-order valence-corrected chi connectivity index (χ1v) is 9.51. The van der Waals surface area contributed by atoms with Crippen LogP contribution in [-0.4, -0.2) is 32.2 Å². The summed E-state index contributed by atoms with van der Waals surface area (Å²) in [6.07, 6.45) is 1.08. The zero-order valence-corrected chi connectivity index (χ0v) is 16.1. The Balaban J connectivity index is 1.83. The van der Waals surface area contributed by atoms with Gasteiger partial charge < -0.3 is 9.30 Å². The Morgan fingerprint density at radius 2 is 1.67 bits per heavy atom. The number of aromatic nitrogens is 4. The van der Waals surface area contributed by atoms with Crippen molar-refractivity contribution in [2.75, 3.05) is 6.61 Å². The molecule has 0 bridgehead atoms. The van der Waals surface area contributed by atoms with Crippen molar-refractivity contribution >= 4 is 33.9 Å². The van der Waals surface area contributed by atoms with E-state index in [4.69, 9.17) is 31.3 Å². The van der Waals surface area contributed by atoms with Crippen LogP contribution >= 0.6 is 11.6 Å². The SMILES string of the molecule is CC(C)OCCCn1c(-c2ccccc2Cl)nc2nc3ccccc3nc21. The number of aryl methyl sites for hydroxylation is 1. The zero-order valence-electron chi connectivity index (χ0n) is 15.4. The molecule has 0 N–H and O–H groups in total. The number of para-hydroxylation sites is 2. The first-order chi connectivity index (χ1) is 13.1. The molecule has 138 valence electrons. The van der Waals surface area contributed by atoms with Crippen molar-refractivity contribution in [3.05, 3.63) is 53.6 Å². The van der Waals surface area contributed by atoms with Crippen molar-refractivity contribution in [3.63, 3.8) is 0 Å². The molecular weight excluding hydrogens is 360 g/mol. The predicted octanol–water partition coefficient (Wildman–Crippen LogP) is 5.12. The van der Waals surface area contributed by atoms with Gasteiger partial charge in [-0.1, -0.05) is 35.9 Å². The van der Waals surface area contributed by atoms with E-state index in [0.717, 1.165) is 41.0 Å². The second-order valence-electron chi connectivity index (χ2n) is 6.70. The van der Waals surface area contributed by atoms with E-state index in [9.17, 15) is 0 Å². The second kappa shape index (κ2) is 7.62. The van der Waals surface area contributed by atoms with Gasteiger partial charge in [0.2, 0.25) is 0 Å². The standard InChI is InChI=1S/C21H21ClN4O/c1-14(2)27-13-7-12-26-20(15-8-3-4-9-16(15)22)25-19-21(26)24-18-11-6-5-10-17(18)23-19/h3-6,8-11,14H,7,12-13H2,1-2H3. The smallest absolute Gasteiger partial charge is 0.198 e. The molecule has 0 fully saturated rings. The Kier molecular flexibility index (Phi) is 5.05. The molecule has 0 aliphatic carbocycles. The third-order valence-electron chi connectivity index (χ3n) is 4.35. The lowest BCUT2D eigenvalue weighted by atomic mass is 10.2. The molecule has 0 aliphatic rings. The molecule has 4 aromatic rings. The van der Waals surface area contributed by atoms with Gasteiger partial charge in [-0.05, 0) is 44.5 Å². The van der Waals surface area contributed by atoms with Crippen LogP contribution in [0.4, 0.5) is 0 Å². The summed E-state index contributed by atoms with van der Waals surface area (Å²) in [4.78, 5) is 14.3. The largest absolute Gasteiger partial charge is 0.379 e. The lowest BCUT2D eigenvalue weighted by molar-refractivity contribution is 0.0750. The molecule has 0 amide bonds. The highest BCUT2D eigenvalue weighted by atomic mass is 35.5. The molecule has 2 aromatic carbocycles. The lowest BCUT2D eigenvalue weighted by Crippen LogP contribution is -2.08. The van der Waals surface area contributed by atoms with Crippen molar-refractivity contribution in [1.29, 1.82) is 0 Å². The van der Waals surface area contributed by atoms with Gasteiger partial charge in [-0.25, -0.2) is 15.0 Å². The molecule has 0 saturated heterocycles. The number of benzene rings is 2. The molecule has 0 unspecified atom stereocenters. The maximum atomic E-state index is 6.45. The normalized spacial score (nSPS) is 11.7. The molecule has 2 heterocycles. The zero-order chi connectivity index (χ0) is 18.8. The first-order valence-electron chi connectivity index (χ1n) is 9.13. The summed E-state index contributed by atoms with van der Waals surface area (Å²) in [6.45, 7) is 5.50.